The van der Waals surface area contributed by atoms with E-state index >= 15 is 0 Å². The number of para-hydroxylation sites is 2. The molecule has 0 atom stereocenters. The van der Waals surface area contributed by atoms with Crippen molar-refractivity contribution in [2.75, 3.05) is 29.4 Å². The van der Waals surface area contributed by atoms with Gasteiger partial charge in [-0.15, -0.1) is 0 Å². The number of rotatable bonds is 6. The predicted molar refractivity (Wildman–Crippen MR) is 98.4 cm³/mol. The smallest absolute Gasteiger partial charge is 0.265 e. The largest absolute Gasteiger partial charge is 0.490 e. The molecular weight excluding hydrogens is 356 g/mol. The predicted octanol–water partition coefficient (Wildman–Crippen LogP) is 2.63. The van der Waals surface area contributed by atoms with Crippen molar-refractivity contribution in [1.82, 2.24) is 0 Å². The molecule has 0 saturated heterocycles. The fourth-order valence-corrected chi connectivity index (χ4v) is 4.19. The van der Waals surface area contributed by atoms with E-state index in [4.69, 9.17) is 9.47 Å². The Balaban J connectivity index is 2.06. The number of carbonyl (C=O) groups excluding carboxylic acids is 1. The number of benzene rings is 2. The van der Waals surface area contributed by atoms with E-state index in [0.717, 1.165) is 4.31 Å². The number of hydrogen-bond acceptors (Lipinski definition) is 5. The first-order valence-corrected chi connectivity index (χ1v) is 9.72. The maximum atomic E-state index is 13.2. The van der Waals surface area contributed by atoms with Crippen LogP contribution in [0.5, 0.6) is 11.5 Å². The van der Waals surface area contributed by atoms with Crippen LogP contribution in [0.15, 0.2) is 47.4 Å². The van der Waals surface area contributed by atoms with Gasteiger partial charge in [0.05, 0.1) is 29.5 Å². The van der Waals surface area contributed by atoms with Crippen molar-refractivity contribution in [2.24, 2.45) is 0 Å². The van der Waals surface area contributed by atoms with Gasteiger partial charge >= 0.3 is 0 Å². The van der Waals surface area contributed by atoms with Crippen molar-refractivity contribution >= 4 is 27.3 Å². The second-order valence-electron chi connectivity index (χ2n) is 5.55. The summed E-state index contributed by atoms with van der Waals surface area (Å²) in [6.45, 7) is 4.17. The molecule has 26 heavy (non-hydrogen) atoms. The van der Waals surface area contributed by atoms with Gasteiger partial charge in [0.15, 0.2) is 11.5 Å². The highest BCUT2D eigenvalue weighted by Gasteiger charge is 2.32. The molecule has 0 bridgehead atoms. The minimum atomic E-state index is -3.94. The molecule has 138 valence electrons. The summed E-state index contributed by atoms with van der Waals surface area (Å²) in [5, 5.41) is 2.68. The zero-order valence-corrected chi connectivity index (χ0v) is 15.4. The van der Waals surface area contributed by atoms with E-state index < -0.39 is 10.0 Å². The third kappa shape index (κ3) is 3.32. The Hall–Kier alpha value is -2.74. The van der Waals surface area contributed by atoms with E-state index in [0.29, 0.717) is 36.1 Å². The molecule has 0 aromatic heterocycles. The molecule has 8 heteroatoms. The minimum absolute atomic E-state index is 0.0360. The summed E-state index contributed by atoms with van der Waals surface area (Å²) in [5.41, 5.74) is 0.891. The lowest BCUT2D eigenvalue weighted by Gasteiger charge is -2.30. The Morgan fingerprint density at radius 1 is 1.04 bits per heavy atom. The molecule has 2 aromatic rings. The molecule has 0 saturated carbocycles. The number of fused-ring (bicyclic) bond motifs is 1. The second kappa shape index (κ2) is 7.25. The number of ether oxygens (including phenoxy) is 2. The average Bonchev–Trinajstić information content (AvgIpc) is 2.62. The first-order chi connectivity index (χ1) is 12.5. The van der Waals surface area contributed by atoms with Crippen LogP contribution in [-0.4, -0.2) is 34.1 Å². The minimum Gasteiger partial charge on any atom is -0.490 e. The first kappa shape index (κ1) is 18.1. The van der Waals surface area contributed by atoms with E-state index in [1.807, 2.05) is 13.8 Å². The molecular formula is C18H20N2O5S. The van der Waals surface area contributed by atoms with Crippen LogP contribution in [0.4, 0.5) is 11.4 Å². The molecule has 0 fully saturated rings. The maximum absolute atomic E-state index is 13.2. The average molecular weight is 376 g/mol. The van der Waals surface area contributed by atoms with Gasteiger partial charge in [-0.25, -0.2) is 8.42 Å². The summed E-state index contributed by atoms with van der Waals surface area (Å²) in [7, 11) is -3.94. The van der Waals surface area contributed by atoms with Crippen LogP contribution in [0.3, 0.4) is 0 Å². The molecule has 1 aliphatic heterocycles. The van der Waals surface area contributed by atoms with Gasteiger partial charge in [-0.1, -0.05) is 12.1 Å². The summed E-state index contributed by atoms with van der Waals surface area (Å²) in [6.07, 6.45) is 0. The maximum Gasteiger partial charge on any atom is 0.265 e. The Morgan fingerprint density at radius 3 is 2.46 bits per heavy atom. The molecule has 2 aromatic carbocycles. The summed E-state index contributed by atoms with van der Waals surface area (Å²) in [6, 6.07) is 11.2. The Morgan fingerprint density at radius 2 is 1.73 bits per heavy atom. The van der Waals surface area contributed by atoms with E-state index in [2.05, 4.69) is 5.32 Å². The summed E-state index contributed by atoms with van der Waals surface area (Å²) in [4.78, 5) is 12.0. The van der Waals surface area contributed by atoms with Gasteiger partial charge in [-0.3, -0.25) is 9.10 Å². The summed E-state index contributed by atoms with van der Waals surface area (Å²) < 4.78 is 38.4. The molecule has 3 rings (SSSR count). The van der Waals surface area contributed by atoms with E-state index in [9.17, 15) is 13.2 Å². The van der Waals surface area contributed by atoms with Gasteiger partial charge in [0, 0.05) is 6.07 Å². The molecule has 0 unspecified atom stereocenters. The standard InChI is InChI=1S/C18H20N2O5S/c1-3-24-16-10-9-13(11-17(16)25-4-2)26(22,23)20-12-18(21)19-14-7-5-6-8-15(14)20/h5-11H,3-4,12H2,1-2H3,(H,19,21). The molecule has 0 spiro atoms. The summed E-state index contributed by atoms with van der Waals surface area (Å²) >= 11 is 0. The van der Waals surface area contributed by atoms with Crippen LogP contribution >= 0.6 is 0 Å². The van der Waals surface area contributed by atoms with Crippen LogP contribution in [-0.2, 0) is 14.8 Å². The van der Waals surface area contributed by atoms with Crippen LogP contribution in [0.1, 0.15) is 13.8 Å². The van der Waals surface area contributed by atoms with Crippen molar-refractivity contribution in [3.05, 3.63) is 42.5 Å². The molecule has 1 aliphatic rings. The van der Waals surface area contributed by atoms with Crippen molar-refractivity contribution in [3.63, 3.8) is 0 Å². The molecule has 0 radical (unpaired) electrons. The van der Waals surface area contributed by atoms with Crippen LogP contribution in [0.25, 0.3) is 0 Å². The molecule has 1 heterocycles. The number of nitrogens with one attached hydrogen (secondary N) is 1. The van der Waals surface area contributed by atoms with Crippen molar-refractivity contribution in [2.45, 2.75) is 18.7 Å². The van der Waals surface area contributed by atoms with E-state index in [-0.39, 0.29) is 17.3 Å². The highest BCUT2D eigenvalue weighted by Crippen LogP contribution is 2.36. The quantitative estimate of drug-likeness (QED) is 0.838. The van der Waals surface area contributed by atoms with Gasteiger partial charge in [-0.05, 0) is 38.1 Å². The normalized spacial score (nSPS) is 13.8. The summed E-state index contributed by atoms with van der Waals surface area (Å²) in [5.74, 6) is 0.443. The molecule has 1 N–H and O–H groups in total. The zero-order chi connectivity index (χ0) is 18.7. The number of carbonyl (C=O) groups is 1. The third-order valence-electron chi connectivity index (χ3n) is 3.84. The third-order valence-corrected chi connectivity index (χ3v) is 5.59. The monoisotopic (exact) mass is 376 g/mol. The van der Waals surface area contributed by atoms with Gasteiger partial charge in [0.2, 0.25) is 5.91 Å². The van der Waals surface area contributed by atoms with Crippen LogP contribution in [0.2, 0.25) is 0 Å². The van der Waals surface area contributed by atoms with Crippen molar-refractivity contribution < 1.29 is 22.7 Å². The fraction of sp³-hybridized carbons (Fsp3) is 0.278. The highest BCUT2D eigenvalue weighted by molar-refractivity contribution is 7.92. The Bertz CT molecular complexity index is 927. The van der Waals surface area contributed by atoms with E-state index in [1.165, 1.54) is 12.1 Å². The number of amides is 1. The molecule has 0 aliphatic carbocycles. The van der Waals surface area contributed by atoms with Crippen LogP contribution < -0.4 is 19.1 Å². The van der Waals surface area contributed by atoms with Gasteiger partial charge in [-0.2, -0.15) is 0 Å². The lowest BCUT2D eigenvalue weighted by atomic mass is 10.2. The van der Waals surface area contributed by atoms with E-state index in [1.54, 1.807) is 30.3 Å². The molecule has 1 amide bonds. The van der Waals surface area contributed by atoms with Crippen molar-refractivity contribution in [3.8, 4) is 11.5 Å². The number of sulfonamides is 1. The van der Waals surface area contributed by atoms with Crippen molar-refractivity contribution in [1.29, 1.82) is 0 Å². The van der Waals surface area contributed by atoms with Gasteiger partial charge in [0.1, 0.15) is 6.54 Å². The second-order valence-corrected chi connectivity index (χ2v) is 7.41. The Labute approximate surface area is 152 Å². The topological polar surface area (TPSA) is 84.9 Å². The van der Waals surface area contributed by atoms with Gasteiger partial charge in [0.25, 0.3) is 10.0 Å². The number of nitrogens with zero attached hydrogens (tertiary/aromatic N) is 1. The van der Waals surface area contributed by atoms with Crippen LogP contribution in [0, 0.1) is 0 Å². The highest BCUT2D eigenvalue weighted by atomic mass is 32.2. The number of anilines is 2. The Kier molecular flexibility index (Phi) is 5.03. The SMILES string of the molecule is CCOc1ccc(S(=O)(=O)N2CC(=O)Nc3ccccc32)cc1OCC. The first-order valence-electron chi connectivity index (χ1n) is 8.28. The molecule has 7 nitrogen and oxygen atoms in total. The lowest BCUT2D eigenvalue weighted by Crippen LogP contribution is -2.42. The fourth-order valence-electron chi connectivity index (χ4n) is 2.74. The zero-order valence-electron chi connectivity index (χ0n) is 14.6. The number of hydrogen-bond donors (Lipinski definition) is 1. The lowest BCUT2D eigenvalue weighted by molar-refractivity contribution is -0.115. The van der Waals surface area contributed by atoms with Gasteiger partial charge < -0.3 is 14.8 Å².